The van der Waals surface area contributed by atoms with Crippen LogP contribution in [0.4, 0.5) is 0 Å². The van der Waals surface area contributed by atoms with Gasteiger partial charge in [-0.3, -0.25) is 4.79 Å². The predicted octanol–water partition coefficient (Wildman–Crippen LogP) is 3.10. The van der Waals surface area contributed by atoms with Crippen LogP contribution in [0.3, 0.4) is 0 Å². The first-order valence-corrected chi connectivity index (χ1v) is 7.42. The molecule has 0 bridgehead atoms. The fourth-order valence-corrected chi connectivity index (χ4v) is 2.73. The van der Waals surface area contributed by atoms with Gasteiger partial charge in [0.15, 0.2) is 11.3 Å². The highest BCUT2D eigenvalue weighted by atomic mass is 35.5. The third kappa shape index (κ3) is 4.59. The van der Waals surface area contributed by atoms with E-state index >= 15 is 0 Å². The molecule has 1 aliphatic rings. The van der Waals surface area contributed by atoms with E-state index in [0.29, 0.717) is 17.9 Å². The van der Waals surface area contributed by atoms with E-state index in [1.807, 2.05) is 19.1 Å². The summed E-state index contributed by atoms with van der Waals surface area (Å²) < 4.78 is 5.57. The molecule has 3 rings (SSSR count). The fourth-order valence-electron chi connectivity index (χ4n) is 2.73. The number of hydrogen-bond donors (Lipinski definition) is 2. The molecule has 3 heterocycles. The van der Waals surface area contributed by atoms with E-state index in [2.05, 4.69) is 22.5 Å². The van der Waals surface area contributed by atoms with E-state index in [-0.39, 0.29) is 36.1 Å². The summed E-state index contributed by atoms with van der Waals surface area (Å²) in [6.45, 7) is 6.85. The summed E-state index contributed by atoms with van der Waals surface area (Å²) in [6.07, 6.45) is 2.16. The van der Waals surface area contributed by atoms with E-state index in [1.54, 1.807) is 6.07 Å². The topological polar surface area (TPSA) is 67.2 Å². The van der Waals surface area contributed by atoms with Crippen molar-refractivity contribution < 1.29 is 9.21 Å². The summed E-state index contributed by atoms with van der Waals surface area (Å²) in [6, 6.07) is 5.44. The van der Waals surface area contributed by atoms with Gasteiger partial charge in [0.2, 0.25) is 0 Å². The maximum Gasteiger partial charge on any atom is 0.287 e. The molecule has 1 aliphatic heterocycles. The van der Waals surface area contributed by atoms with Crippen LogP contribution >= 0.6 is 24.8 Å². The SMILES string of the molecule is Cc1ccc2oc(C(=O)NCC3(C)CCNCC3)cc2n1.Cl.Cl. The molecule has 1 saturated heterocycles. The Hall–Kier alpha value is -1.30. The summed E-state index contributed by atoms with van der Waals surface area (Å²) in [7, 11) is 0. The number of furan rings is 1. The van der Waals surface area contributed by atoms with Gasteiger partial charge in [-0.25, -0.2) is 4.98 Å². The van der Waals surface area contributed by atoms with Crippen molar-refractivity contribution in [2.75, 3.05) is 19.6 Å². The number of aryl methyl sites for hydroxylation is 1. The smallest absolute Gasteiger partial charge is 0.287 e. The van der Waals surface area contributed by atoms with Gasteiger partial charge in [-0.05, 0) is 50.4 Å². The molecule has 2 N–H and O–H groups in total. The van der Waals surface area contributed by atoms with E-state index in [1.165, 1.54) is 0 Å². The zero-order valence-corrected chi connectivity index (χ0v) is 15.0. The number of fused-ring (bicyclic) bond motifs is 1. The Bertz CT molecular complexity index is 666. The second kappa shape index (κ2) is 7.99. The van der Waals surface area contributed by atoms with Crippen LogP contribution in [-0.2, 0) is 0 Å². The van der Waals surface area contributed by atoms with Crippen molar-refractivity contribution in [2.45, 2.75) is 26.7 Å². The van der Waals surface area contributed by atoms with Gasteiger partial charge >= 0.3 is 0 Å². The number of rotatable bonds is 3. The van der Waals surface area contributed by atoms with Crippen molar-refractivity contribution in [1.29, 1.82) is 0 Å². The molecule has 0 aromatic carbocycles. The van der Waals surface area contributed by atoms with Gasteiger partial charge in [0.1, 0.15) is 5.52 Å². The van der Waals surface area contributed by atoms with Crippen LogP contribution in [0.5, 0.6) is 0 Å². The molecule has 2 aromatic rings. The minimum Gasteiger partial charge on any atom is -0.449 e. The van der Waals surface area contributed by atoms with Crippen LogP contribution in [0, 0.1) is 12.3 Å². The van der Waals surface area contributed by atoms with Gasteiger partial charge < -0.3 is 15.1 Å². The number of piperidine rings is 1. The number of nitrogens with one attached hydrogen (secondary N) is 2. The van der Waals surface area contributed by atoms with Gasteiger partial charge in [0, 0.05) is 18.3 Å². The molecule has 2 aromatic heterocycles. The molecule has 5 nitrogen and oxygen atoms in total. The Kier molecular flexibility index (Phi) is 6.86. The first-order chi connectivity index (χ1) is 10.1. The Morgan fingerprint density at radius 1 is 1.35 bits per heavy atom. The van der Waals surface area contributed by atoms with Crippen LogP contribution < -0.4 is 10.6 Å². The van der Waals surface area contributed by atoms with Gasteiger partial charge in [0.25, 0.3) is 5.91 Å². The average Bonchev–Trinajstić information content (AvgIpc) is 2.88. The van der Waals surface area contributed by atoms with Crippen LogP contribution in [0.25, 0.3) is 11.1 Å². The lowest BCUT2D eigenvalue weighted by atomic mass is 9.81. The van der Waals surface area contributed by atoms with Crippen LogP contribution in [0.15, 0.2) is 22.6 Å². The Morgan fingerprint density at radius 3 is 2.74 bits per heavy atom. The molecule has 128 valence electrons. The quantitative estimate of drug-likeness (QED) is 0.883. The summed E-state index contributed by atoms with van der Waals surface area (Å²) in [5, 5.41) is 6.34. The zero-order chi connectivity index (χ0) is 14.9. The fraction of sp³-hybridized carbons (Fsp3) is 0.500. The van der Waals surface area contributed by atoms with E-state index in [9.17, 15) is 4.79 Å². The molecule has 0 unspecified atom stereocenters. The van der Waals surface area contributed by atoms with Gasteiger partial charge in [0.05, 0.1) is 0 Å². The summed E-state index contributed by atoms with van der Waals surface area (Å²) in [5.74, 6) is 0.172. The molecule has 0 atom stereocenters. The molecular weight excluding hydrogens is 337 g/mol. The molecular formula is C16H23Cl2N3O2. The lowest BCUT2D eigenvalue weighted by molar-refractivity contribution is 0.0896. The van der Waals surface area contributed by atoms with Crippen LogP contribution in [-0.4, -0.2) is 30.5 Å². The van der Waals surface area contributed by atoms with Crippen molar-refractivity contribution in [3.8, 4) is 0 Å². The predicted molar refractivity (Wildman–Crippen MR) is 95.8 cm³/mol. The van der Waals surface area contributed by atoms with Crippen molar-refractivity contribution in [2.24, 2.45) is 5.41 Å². The summed E-state index contributed by atoms with van der Waals surface area (Å²) >= 11 is 0. The highest BCUT2D eigenvalue weighted by Gasteiger charge is 2.27. The summed E-state index contributed by atoms with van der Waals surface area (Å²) in [5.41, 5.74) is 2.46. The largest absolute Gasteiger partial charge is 0.449 e. The zero-order valence-electron chi connectivity index (χ0n) is 13.3. The van der Waals surface area contributed by atoms with E-state index < -0.39 is 0 Å². The molecule has 0 aliphatic carbocycles. The van der Waals surface area contributed by atoms with Gasteiger partial charge in [-0.2, -0.15) is 0 Å². The first-order valence-electron chi connectivity index (χ1n) is 7.42. The Morgan fingerprint density at radius 2 is 2.04 bits per heavy atom. The lowest BCUT2D eigenvalue weighted by Gasteiger charge is -2.33. The molecule has 7 heteroatoms. The highest BCUT2D eigenvalue weighted by molar-refractivity contribution is 5.95. The average molecular weight is 360 g/mol. The third-order valence-electron chi connectivity index (χ3n) is 4.22. The number of halogens is 2. The third-order valence-corrected chi connectivity index (χ3v) is 4.22. The summed E-state index contributed by atoms with van der Waals surface area (Å²) in [4.78, 5) is 16.6. The second-order valence-corrected chi connectivity index (χ2v) is 6.19. The molecule has 1 amide bonds. The number of pyridine rings is 1. The highest BCUT2D eigenvalue weighted by Crippen LogP contribution is 2.27. The molecule has 0 saturated carbocycles. The van der Waals surface area contributed by atoms with Gasteiger partial charge in [-0.1, -0.05) is 6.92 Å². The maximum atomic E-state index is 12.2. The minimum absolute atomic E-state index is 0. The molecule has 23 heavy (non-hydrogen) atoms. The Labute approximate surface area is 148 Å². The monoisotopic (exact) mass is 359 g/mol. The first kappa shape index (κ1) is 19.7. The minimum atomic E-state index is -0.162. The molecule has 0 spiro atoms. The number of hydrogen-bond acceptors (Lipinski definition) is 4. The molecule has 0 radical (unpaired) electrons. The van der Waals surface area contributed by atoms with Crippen molar-refractivity contribution >= 4 is 41.8 Å². The van der Waals surface area contributed by atoms with E-state index in [0.717, 1.165) is 37.1 Å². The van der Waals surface area contributed by atoms with E-state index in [4.69, 9.17) is 4.42 Å². The number of amides is 1. The van der Waals surface area contributed by atoms with Crippen molar-refractivity contribution in [3.05, 3.63) is 29.7 Å². The Balaban J connectivity index is 0.00000132. The number of carbonyl (C=O) groups excluding carboxylic acids is 1. The normalized spacial score (nSPS) is 16.3. The standard InChI is InChI=1S/C16H21N3O2.2ClH/c1-11-3-4-13-12(19-11)9-14(21-13)15(20)18-10-16(2)5-7-17-8-6-16;;/h3-4,9,17H,5-8,10H2,1-2H3,(H,18,20);2*1H. The number of carbonyl (C=O) groups is 1. The second-order valence-electron chi connectivity index (χ2n) is 6.19. The van der Waals surface area contributed by atoms with Crippen LogP contribution in [0.1, 0.15) is 36.0 Å². The van der Waals surface area contributed by atoms with Crippen LogP contribution in [0.2, 0.25) is 0 Å². The maximum absolute atomic E-state index is 12.2. The van der Waals surface area contributed by atoms with Gasteiger partial charge in [-0.15, -0.1) is 24.8 Å². The number of nitrogens with zero attached hydrogens (tertiary/aromatic N) is 1. The number of aromatic nitrogens is 1. The van der Waals surface area contributed by atoms with Crippen molar-refractivity contribution in [3.63, 3.8) is 0 Å². The lowest BCUT2D eigenvalue weighted by Crippen LogP contribution is -2.42. The molecule has 1 fully saturated rings. The van der Waals surface area contributed by atoms with Crippen molar-refractivity contribution in [1.82, 2.24) is 15.6 Å².